The smallest absolute Gasteiger partial charge is 0.364 e. The van der Waals surface area contributed by atoms with Crippen molar-refractivity contribution >= 4 is 11.9 Å². The lowest BCUT2D eigenvalue weighted by Crippen LogP contribution is -2.50. The molecule has 3 unspecified atom stereocenters. The summed E-state index contributed by atoms with van der Waals surface area (Å²) in [6, 6.07) is 15.3. The van der Waals surface area contributed by atoms with Gasteiger partial charge in [0.15, 0.2) is 0 Å². The fourth-order valence-electron chi connectivity index (χ4n) is 3.31. The van der Waals surface area contributed by atoms with Gasteiger partial charge in [0, 0.05) is 24.6 Å². The van der Waals surface area contributed by atoms with Gasteiger partial charge in [-0.2, -0.15) is 0 Å². The first-order chi connectivity index (χ1) is 16.6. The predicted octanol–water partition coefficient (Wildman–Crippen LogP) is 0.249. The number of rotatable bonds is 14. The van der Waals surface area contributed by atoms with E-state index in [-0.39, 0.29) is 19.6 Å². The number of aliphatic hydroxyl groups excluding tert-OH is 3. The van der Waals surface area contributed by atoms with Gasteiger partial charge in [0.25, 0.3) is 11.7 Å². The number of carboxylic acids is 1. The van der Waals surface area contributed by atoms with Crippen molar-refractivity contribution in [1.29, 1.82) is 0 Å². The highest BCUT2D eigenvalue weighted by atomic mass is 16.6. The molecule has 2 aromatic carbocycles. The van der Waals surface area contributed by atoms with Gasteiger partial charge in [-0.15, -0.1) is 6.58 Å². The standard InChI is InChI=1S/C25H32N2O8/c1-2-12-35-25(34,24(32)33)14-21(29)19(26)13-20(28)22(30)15-27-23(31)18-10-8-17(9-11-18)16-6-4-3-5-7-16/h2-11,19-22,28-30,34H,1,12-15,26H2,(H,27,31)(H,32,33)/t19?,20-,21?,22-,25?/m1/s1. The van der Waals surface area contributed by atoms with Crippen LogP contribution >= 0.6 is 0 Å². The Hall–Kier alpha value is -3.12. The van der Waals surface area contributed by atoms with Crippen LogP contribution in [0.25, 0.3) is 11.1 Å². The molecule has 0 aliphatic rings. The Morgan fingerprint density at radius 1 is 1.00 bits per heavy atom. The summed E-state index contributed by atoms with van der Waals surface area (Å²) in [7, 11) is 0. The lowest BCUT2D eigenvalue weighted by atomic mass is 9.96. The number of aliphatic carboxylic acids is 1. The number of amides is 1. The third kappa shape index (κ3) is 8.25. The number of ether oxygens (including phenoxy) is 1. The Morgan fingerprint density at radius 2 is 1.60 bits per heavy atom. The Labute approximate surface area is 203 Å². The molecule has 2 rings (SSSR count). The van der Waals surface area contributed by atoms with Crippen LogP contribution in [0.2, 0.25) is 0 Å². The molecule has 35 heavy (non-hydrogen) atoms. The van der Waals surface area contributed by atoms with Crippen LogP contribution in [0.15, 0.2) is 67.3 Å². The molecule has 10 heteroatoms. The number of hydrogen-bond donors (Lipinski definition) is 7. The molecule has 0 spiro atoms. The van der Waals surface area contributed by atoms with E-state index in [0.29, 0.717) is 5.56 Å². The van der Waals surface area contributed by atoms with E-state index in [1.54, 1.807) is 24.3 Å². The Kier molecular flexibility index (Phi) is 10.5. The SMILES string of the molecule is C=CCOC(O)(CC(O)C(N)C[C@@H](O)[C@H](O)CNC(=O)c1ccc(-c2ccccc2)cc1)C(=O)O. The summed E-state index contributed by atoms with van der Waals surface area (Å²) in [6.45, 7) is 2.79. The average Bonchev–Trinajstić information content (AvgIpc) is 2.86. The number of hydrogen-bond acceptors (Lipinski definition) is 8. The molecule has 2 aromatic rings. The van der Waals surface area contributed by atoms with Crippen LogP contribution in [-0.2, 0) is 9.53 Å². The number of carbonyl (C=O) groups excluding carboxylic acids is 1. The normalized spacial score (nSPS) is 16.4. The summed E-state index contributed by atoms with van der Waals surface area (Å²) < 4.78 is 4.82. The Balaban J connectivity index is 1.85. The highest BCUT2D eigenvalue weighted by Gasteiger charge is 2.41. The number of carboxylic acid groups (broad SMARTS) is 1. The van der Waals surface area contributed by atoms with Crippen LogP contribution < -0.4 is 11.1 Å². The van der Waals surface area contributed by atoms with Gasteiger partial charge in [0.2, 0.25) is 0 Å². The summed E-state index contributed by atoms with van der Waals surface area (Å²) in [4.78, 5) is 23.7. The average molecular weight is 489 g/mol. The minimum absolute atomic E-state index is 0.277. The molecule has 0 aliphatic heterocycles. The van der Waals surface area contributed by atoms with E-state index in [1.807, 2.05) is 30.3 Å². The van der Waals surface area contributed by atoms with Crippen LogP contribution in [0, 0.1) is 0 Å². The van der Waals surface area contributed by atoms with Crippen molar-refractivity contribution in [2.24, 2.45) is 5.73 Å². The van der Waals surface area contributed by atoms with Crippen molar-refractivity contribution in [2.75, 3.05) is 13.2 Å². The minimum Gasteiger partial charge on any atom is -0.477 e. The molecular weight excluding hydrogens is 456 g/mol. The van der Waals surface area contributed by atoms with Crippen molar-refractivity contribution in [3.8, 4) is 11.1 Å². The zero-order valence-corrected chi connectivity index (χ0v) is 19.2. The highest BCUT2D eigenvalue weighted by Crippen LogP contribution is 2.20. The van der Waals surface area contributed by atoms with Crippen LogP contribution in [-0.4, -0.2) is 80.7 Å². The summed E-state index contributed by atoms with van der Waals surface area (Å²) >= 11 is 0. The molecule has 8 N–H and O–H groups in total. The zero-order valence-electron chi connectivity index (χ0n) is 19.2. The highest BCUT2D eigenvalue weighted by molar-refractivity contribution is 5.94. The summed E-state index contributed by atoms with van der Waals surface area (Å²) in [6.07, 6.45) is -4.28. The molecule has 0 radical (unpaired) electrons. The molecule has 0 aliphatic carbocycles. The van der Waals surface area contributed by atoms with Gasteiger partial charge >= 0.3 is 5.97 Å². The van der Waals surface area contributed by atoms with Crippen LogP contribution in [0.5, 0.6) is 0 Å². The van der Waals surface area contributed by atoms with Crippen LogP contribution in [0.1, 0.15) is 23.2 Å². The third-order valence-corrected chi connectivity index (χ3v) is 5.44. The topological polar surface area (TPSA) is 183 Å². The monoisotopic (exact) mass is 488 g/mol. The van der Waals surface area contributed by atoms with Crippen molar-refractivity contribution in [2.45, 2.75) is 43.0 Å². The fraction of sp³-hybridized carbons (Fsp3) is 0.360. The molecule has 0 heterocycles. The lowest BCUT2D eigenvalue weighted by Gasteiger charge is -2.29. The number of nitrogens with one attached hydrogen (secondary N) is 1. The van der Waals surface area contributed by atoms with E-state index < -0.39 is 48.4 Å². The molecule has 10 nitrogen and oxygen atoms in total. The van der Waals surface area contributed by atoms with E-state index in [2.05, 4.69) is 11.9 Å². The second-order valence-corrected chi connectivity index (χ2v) is 8.15. The van der Waals surface area contributed by atoms with E-state index >= 15 is 0 Å². The van der Waals surface area contributed by atoms with E-state index in [4.69, 9.17) is 15.6 Å². The van der Waals surface area contributed by atoms with Gasteiger partial charge in [0.1, 0.15) is 0 Å². The molecule has 190 valence electrons. The second kappa shape index (κ2) is 13.1. The van der Waals surface area contributed by atoms with Gasteiger partial charge in [-0.3, -0.25) is 4.79 Å². The number of benzene rings is 2. The van der Waals surface area contributed by atoms with Gasteiger partial charge in [-0.05, 0) is 29.7 Å². The maximum atomic E-state index is 12.4. The number of carbonyl (C=O) groups is 2. The Morgan fingerprint density at radius 3 is 2.17 bits per heavy atom. The van der Waals surface area contributed by atoms with E-state index in [1.165, 1.54) is 6.08 Å². The lowest BCUT2D eigenvalue weighted by molar-refractivity contribution is -0.229. The van der Waals surface area contributed by atoms with Crippen molar-refractivity contribution in [3.63, 3.8) is 0 Å². The molecule has 1 amide bonds. The van der Waals surface area contributed by atoms with Gasteiger partial charge < -0.3 is 41.3 Å². The third-order valence-electron chi connectivity index (χ3n) is 5.44. The largest absolute Gasteiger partial charge is 0.477 e. The molecule has 0 saturated heterocycles. The molecule has 0 saturated carbocycles. The first kappa shape index (κ1) is 28.1. The Bertz CT molecular complexity index is 969. The van der Waals surface area contributed by atoms with E-state index in [9.17, 15) is 30.0 Å². The molecule has 0 aromatic heterocycles. The maximum Gasteiger partial charge on any atom is 0.364 e. The maximum absolute atomic E-state index is 12.4. The van der Waals surface area contributed by atoms with Gasteiger partial charge in [-0.25, -0.2) is 4.79 Å². The number of aliphatic hydroxyl groups is 4. The summed E-state index contributed by atoms with van der Waals surface area (Å²) in [5, 5.41) is 52.3. The fourth-order valence-corrected chi connectivity index (χ4v) is 3.31. The van der Waals surface area contributed by atoms with Crippen molar-refractivity contribution < 1.29 is 39.9 Å². The van der Waals surface area contributed by atoms with E-state index in [0.717, 1.165) is 11.1 Å². The molecule has 5 atom stereocenters. The minimum atomic E-state index is -2.70. The summed E-state index contributed by atoms with van der Waals surface area (Å²) in [5.41, 5.74) is 8.12. The molecular formula is C25H32N2O8. The van der Waals surface area contributed by atoms with Crippen molar-refractivity contribution in [1.82, 2.24) is 5.32 Å². The predicted molar refractivity (Wildman–Crippen MR) is 128 cm³/mol. The van der Waals surface area contributed by atoms with Crippen LogP contribution in [0.3, 0.4) is 0 Å². The second-order valence-electron chi connectivity index (χ2n) is 8.15. The zero-order chi connectivity index (χ0) is 26.0. The van der Waals surface area contributed by atoms with Gasteiger partial charge in [0.05, 0.1) is 24.9 Å². The number of nitrogens with two attached hydrogens (primary N) is 1. The van der Waals surface area contributed by atoms with Crippen molar-refractivity contribution in [3.05, 3.63) is 72.8 Å². The molecule has 0 fully saturated rings. The van der Waals surface area contributed by atoms with Gasteiger partial charge in [-0.1, -0.05) is 48.5 Å². The summed E-state index contributed by atoms with van der Waals surface area (Å²) in [5.74, 6) is -4.87. The molecule has 0 bridgehead atoms. The first-order valence-corrected chi connectivity index (χ1v) is 11.0. The first-order valence-electron chi connectivity index (χ1n) is 11.0. The van der Waals surface area contributed by atoms with Crippen LogP contribution in [0.4, 0.5) is 0 Å². The quantitative estimate of drug-likeness (QED) is 0.145.